The highest BCUT2D eigenvalue weighted by Crippen LogP contribution is 2.26. The van der Waals surface area contributed by atoms with E-state index in [0.29, 0.717) is 11.7 Å². The lowest BCUT2D eigenvalue weighted by atomic mass is 9.85. The van der Waals surface area contributed by atoms with E-state index in [-0.39, 0.29) is 17.9 Å². The molecule has 0 saturated heterocycles. The van der Waals surface area contributed by atoms with Crippen molar-refractivity contribution in [2.24, 2.45) is 11.0 Å². The van der Waals surface area contributed by atoms with Gasteiger partial charge in [0.2, 0.25) is 0 Å². The maximum absolute atomic E-state index is 12.0. The van der Waals surface area contributed by atoms with Gasteiger partial charge in [0.25, 0.3) is 5.91 Å². The van der Waals surface area contributed by atoms with E-state index < -0.39 is 0 Å². The van der Waals surface area contributed by atoms with Crippen molar-refractivity contribution in [1.29, 1.82) is 0 Å². The Morgan fingerprint density at radius 2 is 1.96 bits per heavy atom. The lowest BCUT2D eigenvalue weighted by Crippen LogP contribution is -2.27. The number of allylic oxidation sites excluding steroid dienone is 3. The van der Waals surface area contributed by atoms with E-state index in [4.69, 9.17) is 4.74 Å². The maximum atomic E-state index is 12.0. The highest BCUT2D eigenvalue weighted by atomic mass is 16.5. The van der Waals surface area contributed by atoms with Crippen molar-refractivity contribution in [2.75, 3.05) is 6.61 Å². The van der Waals surface area contributed by atoms with Crippen LogP contribution in [0.15, 0.2) is 53.2 Å². The molecule has 0 aliphatic heterocycles. The second-order valence-electron chi connectivity index (χ2n) is 8.03. The quantitative estimate of drug-likeness (QED) is 0.612. The smallest absolute Gasteiger partial charge is 0.277 e. The SMILES string of the molecule is C=C(C)C1CC=C(C)/C(=N/NC(=O)COc2ccc(C(C)(C)C)cc2)C1. The molecule has 4 nitrogen and oxygen atoms in total. The predicted molar refractivity (Wildman–Crippen MR) is 108 cm³/mol. The molecular weight excluding hydrogens is 324 g/mol. The standard InChI is InChI=1S/C22H30N2O2/c1-15(2)17-8-7-16(3)20(13-17)23-24-21(25)14-26-19-11-9-18(10-12-19)22(4,5)6/h7,9-12,17H,1,8,13-14H2,2-6H3,(H,24,25)/b23-20+. The number of carbonyl (C=O) groups excluding carboxylic acids is 1. The average Bonchev–Trinajstić information content (AvgIpc) is 2.58. The van der Waals surface area contributed by atoms with Crippen molar-refractivity contribution in [3.8, 4) is 5.75 Å². The molecule has 2 rings (SSSR count). The zero-order chi connectivity index (χ0) is 19.3. The number of amides is 1. The molecule has 26 heavy (non-hydrogen) atoms. The van der Waals surface area contributed by atoms with Gasteiger partial charge in [0.1, 0.15) is 5.75 Å². The summed E-state index contributed by atoms with van der Waals surface area (Å²) in [5, 5.41) is 4.28. The Bertz CT molecular complexity index is 722. The summed E-state index contributed by atoms with van der Waals surface area (Å²) in [6.07, 6.45) is 3.95. The Balaban J connectivity index is 1.88. The normalized spacial score (nSPS) is 19.0. The van der Waals surface area contributed by atoms with Crippen LogP contribution in [0.3, 0.4) is 0 Å². The van der Waals surface area contributed by atoms with Crippen molar-refractivity contribution in [1.82, 2.24) is 5.43 Å². The molecule has 0 aromatic heterocycles. The van der Waals surface area contributed by atoms with Crippen LogP contribution in [0.1, 0.15) is 53.0 Å². The molecule has 0 radical (unpaired) electrons. The number of carbonyl (C=O) groups is 1. The molecule has 0 bridgehead atoms. The first kappa shape index (κ1) is 20.0. The molecule has 1 aliphatic rings. The number of benzene rings is 1. The van der Waals surface area contributed by atoms with Gasteiger partial charge in [-0.15, -0.1) is 0 Å². The van der Waals surface area contributed by atoms with Crippen molar-refractivity contribution in [3.05, 3.63) is 53.6 Å². The summed E-state index contributed by atoms with van der Waals surface area (Å²) < 4.78 is 5.55. The molecule has 1 aliphatic carbocycles. The topological polar surface area (TPSA) is 50.7 Å². The summed E-state index contributed by atoms with van der Waals surface area (Å²) in [5.41, 5.74) is 7.10. The molecule has 1 aromatic carbocycles. The van der Waals surface area contributed by atoms with E-state index in [1.807, 2.05) is 38.1 Å². The highest BCUT2D eigenvalue weighted by Gasteiger charge is 2.19. The van der Waals surface area contributed by atoms with E-state index in [1.54, 1.807) is 0 Å². The average molecular weight is 354 g/mol. The highest BCUT2D eigenvalue weighted by molar-refractivity contribution is 6.01. The number of nitrogens with zero attached hydrogens (tertiary/aromatic N) is 1. The van der Waals surface area contributed by atoms with Gasteiger partial charge in [-0.1, -0.05) is 51.1 Å². The first-order valence-corrected chi connectivity index (χ1v) is 9.08. The van der Waals surface area contributed by atoms with Crippen molar-refractivity contribution in [2.45, 2.75) is 52.9 Å². The second-order valence-corrected chi connectivity index (χ2v) is 8.03. The van der Waals surface area contributed by atoms with Gasteiger partial charge in [-0.3, -0.25) is 4.79 Å². The van der Waals surface area contributed by atoms with Crippen molar-refractivity contribution >= 4 is 11.6 Å². The number of rotatable bonds is 5. The number of ether oxygens (including phenoxy) is 1. The molecule has 1 amide bonds. The Hall–Kier alpha value is -2.36. The lowest BCUT2D eigenvalue weighted by molar-refractivity contribution is -0.123. The van der Waals surface area contributed by atoms with E-state index >= 15 is 0 Å². The second kappa shape index (κ2) is 8.35. The third-order valence-corrected chi connectivity index (χ3v) is 4.71. The number of hydrogen-bond donors (Lipinski definition) is 1. The van der Waals surface area contributed by atoms with Gasteiger partial charge < -0.3 is 4.74 Å². The van der Waals surface area contributed by atoms with Gasteiger partial charge in [0.15, 0.2) is 6.61 Å². The van der Waals surface area contributed by atoms with Gasteiger partial charge in [-0.2, -0.15) is 5.10 Å². The van der Waals surface area contributed by atoms with Crippen LogP contribution >= 0.6 is 0 Å². The van der Waals surface area contributed by atoms with E-state index in [0.717, 1.165) is 29.7 Å². The van der Waals surface area contributed by atoms with Gasteiger partial charge in [-0.25, -0.2) is 5.43 Å². The van der Waals surface area contributed by atoms with Crippen LogP contribution in [0, 0.1) is 5.92 Å². The largest absolute Gasteiger partial charge is 0.484 e. The zero-order valence-corrected chi connectivity index (χ0v) is 16.6. The van der Waals surface area contributed by atoms with Crippen molar-refractivity contribution in [3.63, 3.8) is 0 Å². The first-order chi connectivity index (χ1) is 12.2. The molecular formula is C22H30N2O2. The lowest BCUT2D eigenvalue weighted by Gasteiger charge is -2.22. The van der Waals surface area contributed by atoms with E-state index in [1.165, 1.54) is 5.56 Å². The van der Waals surface area contributed by atoms with Gasteiger partial charge >= 0.3 is 0 Å². The number of nitrogens with one attached hydrogen (secondary N) is 1. The fraction of sp³-hybridized carbons (Fsp3) is 0.455. The Morgan fingerprint density at radius 3 is 2.54 bits per heavy atom. The molecule has 1 aromatic rings. The molecule has 0 heterocycles. The summed E-state index contributed by atoms with van der Waals surface area (Å²) in [5.74, 6) is 0.812. The molecule has 140 valence electrons. The van der Waals surface area contributed by atoms with Crippen LogP contribution in [0.2, 0.25) is 0 Å². The summed E-state index contributed by atoms with van der Waals surface area (Å²) in [7, 11) is 0. The summed E-state index contributed by atoms with van der Waals surface area (Å²) >= 11 is 0. The fourth-order valence-corrected chi connectivity index (χ4v) is 2.79. The monoisotopic (exact) mass is 354 g/mol. The van der Waals surface area contributed by atoms with Crippen LogP contribution < -0.4 is 10.2 Å². The van der Waals surface area contributed by atoms with E-state index in [2.05, 4.69) is 44.0 Å². The Labute approximate surface area is 157 Å². The van der Waals surface area contributed by atoms with Crippen molar-refractivity contribution < 1.29 is 9.53 Å². The summed E-state index contributed by atoms with van der Waals surface area (Å²) in [6, 6.07) is 7.85. The molecule has 4 heteroatoms. The molecule has 0 saturated carbocycles. The minimum Gasteiger partial charge on any atom is -0.484 e. The van der Waals surface area contributed by atoms with Crippen LogP contribution in [0.5, 0.6) is 5.75 Å². The Kier molecular flexibility index (Phi) is 6.41. The van der Waals surface area contributed by atoms with E-state index in [9.17, 15) is 4.79 Å². The summed E-state index contributed by atoms with van der Waals surface area (Å²) in [6.45, 7) is 14.5. The Morgan fingerprint density at radius 1 is 1.31 bits per heavy atom. The molecule has 1 N–H and O–H groups in total. The van der Waals surface area contributed by atoms with Gasteiger partial charge in [0, 0.05) is 0 Å². The van der Waals surface area contributed by atoms with Crippen LogP contribution in [0.4, 0.5) is 0 Å². The minimum absolute atomic E-state index is 0.0572. The number of hydrazone groups is 1. The van der Waals surface area contributed by atoms with Gasteiger partial charge in [0.05, 0.1) is 5.71 Å². The first-order valence-electron chi connectivity index (χ1n) is 9.08. The minimum atomic E-state index is -0.261. The molecule has 1 unspecified atom stereocenters. The van der Waals surface area contributed by atoms with Gasteiger partial charge in [-0.05, 0) is 61.3 Å². The fourth-order valence-electron chi connectivity index (χ4n) is 2.79. The van der Waals surface area contributed by atoms with Crippen LogP contribution in [0.25, 0.3) is 0 Å². The predicted octanol–water partition coefficient (Wildman–Crippen LogP) is 4.77. The van der Waals surface area contributed by atoms with Crippen LogP contribution in [-0.2, 0) is 10.2 Å². The van der Waals surface area contributed by atoms with Crippen LogP contribution in [-0.4, -0.2) is 18.2 Å². The molecule has 0 spiro atoms. The zero-order valence-electron chi connectivity index (χ0n) is 16.6. The number of hydrogen-bond acceptors (Lipinski definition) is 3. The molecule has 0 fully saturated rings. The third kappa shape index (κ3) is 5.58. The summed E-state index contributed by atoms with van der Waals surface area (Å²) in [4.78, 5) is 12.0. The maximum Gasteiger partial charge on any atom is 0.277 e. The third-order valence-electron chi connectivity index (χ3n) is 4.71. The molecule has 1 atom stereocenters.